The second kappa shape index (κ2) is 6.77. The van der Waals surface area contributed by atoms with Crippen molar-refractivity contribution in [3.05, 3.63) is 35.4 Å². The van der Waals surface area contributed by atoms with Gasteiger partial charge in [-0.2, -0.15) is 5.26 Å². The molecule has 0 amide bonds. The minimum atomic E-state index is 0.125. The van der Waals surface area contributed by atoms with Gasteiger partial charge in [-0.3, -0.25) is 4.79 Å². The molecule has 0 heterocycles. The van der Waals surface area contributed by atoms with Gasteiger partial charge in [-0.1, -0.05) is 23.9 Å². The lowest BCUT2D eigenvalue weighted by Crippen LogP contribution is -1.88. The zero-order valence-corrected chi connectivity index (χ0v) is 10.5. The van der Waals surface area contributed by atoms with Crippen molar-refractivity contribution in [3.8, 4) is 6.07 Å². The Labute approximate surface area is 105 Å². The highest BCUT2D eigenvalue weighted by atomic mass is 32.2. The van der Waals surface area contributed by atoms with Crippen molar-refractivity contribution < 1.29 is 4.79 Å². The van der Waals surface area contributed by atoms with Gasteiger partial charge in [-0.25, -0.2) is 0 Å². The highest BCUT2D eigenvalue weighted by Gasteiger charge is 1.98. The fraction of sp³-hybridized carbons (Fsp3) is 0.231. The fourth-order valence-corrected chi connectivity index (χ4v) is 1.84. The van der Waals surface area contributed by atoms with Crippen LogP contribution in [0.4, 0.5) is 5.69 Å². The van der Waals surface area contributed by atoms with Crippen LogP contribution in [0.1, 0.15) is 24.5 Å². The Morgan fingerprint density at radius 3 is 3.00 bits per heavy atom. The average molecular weight is 246 g/mol. The highest BCUT2D eigenvalue weighted by molar-refractivity contribution is 8.13. The zero-order chi connectivity index (χ0) is 12.7. The molecule has 4 heteroatoms. The summed E-state index contributed by atoms with van der Waals surface area (Å²) in [6, 6.07) is 7.30. The van der Waals surface area contributed by atoms with Crippen LogP contribution in [-0.4, -0.2) is 10.9 Å². The van der Waals surface area contributed by atoms with E-state index < -0.39 is 0 Å². The predicted molar refractivity (Wildman–Crippen MR) is 72.4 cm³/mol. The van der Waals surface area contributed by atoms with Crippen LogP contribution >= 0.6 is 11.8 Å². The molecule has 0 spiro atoms. The number of nitrogens with two attached hydrogens (primary N) is 1. The molecule has 0 radical (unpaired) electrons. The Kier molecular flexibility index (Phi) is 5.31. The molecule has 0 saturated carbocycles. The maximum absolute atomic E-state index is 10.7. The third-order valence-corrected chi connectivity index (χ3v) is 2.93. The van der Waals surface area contributed by atoms with Gasteiger partial charge in [-0.05, 0) is 30.2 Å². The van der Waals surface area contributed by atoms with Crippen LogP contribution in [0.2, 0.25) is 0 Å². The quantitative estimate of drug-likeness (QED) is 0.655. The Bertz CT molecular complexity index is 475. The molecule has 0 unspecified atom stereocenters. The predicted octanol–water partition coefficient (Wildman–Crippen LogP) is 2.82. The molecule has 17 heavy (non-hydrogen) atoms. The molecule has 0 aliphatic carbocycles. The summed E-state index contributed by atoms with van der Waals surface area (Å²) in [4.78, 5) is 10.7. The molecule has 0 atom stereocenters. The van der Waals surface area contributed by atoms with Crippen LogP contribution in [0.3, 0.4) is 0 Å². The van der Waals surface area contributed by atoms with Crippen molar-refractivity contribution >= 4 is 28.6 Å². The van der Waals surface area contributed by atoms with Gasteiger partial charge < -0.3 is 5.73 Å². The van der Waals surface area contributed by atoms with Crippen LogP contribution < -0.4 is 5.73 Å². The van der Waals surface area contributed by atoms with E-state index in [1.165, 1.54) is 11.8 Å². The fourth-order valence-electron chi connectivity index (χ4n) is 1.30. The number of thioether (sulfide) groups is 1. The molecular formula is C13H14N2OS. The second-order valence-corrected chi connectivity index (χ2v) is 4.76. The summed E-state index contributed by atoms with van der Waals surface area (Å²) in [5, 5.41) is 9.04. The van der Waals surface area contributed by atoms with Crippen molar-refractivity contribution in [1.29, 1.82) is 5.26 Å². The minimum absolute atomic E-state index is 0.125. The minimum Gasteiger partial charge on any atom is -0.399 e. The third kappa shape index (κ3) is 4.75. The van der Waals surface area contributed by atoms with E-state index in [0.29, 0.717) is 11.3 Å². The first-order valence-corrected chi connectivity index (χ1v) is 6.21. The number of hydrogen-bond donors (Lipinski definition) is 1. The average Bonchev–Trinajstić information content (AvgIpc) is 2.28. The van der Waals surface area contributed by atoms with Gasteiger partial charge in [0.15, 0.2) is 5.12 Å². The summed E-state index contributed by atoms with van der Waals surface area (Å²) < 4.78 is 0. The number of hydrogen-bond acceptors (Lipinski definition) is 4. The van der Waals surface area contributed by atoms with E-state index in [0.717, 1.165) is 17.7 Å². The Hall–Kier alpha value is -1.73. The van der Waals surface area contributed by atoms with Gasteiger partial charge in [-0.15, -0.1) is 0 Å². The highest BCUT2D eigenvalue weighted by Crippen LogP contribution is 2.15. The van der Waals surface area contributed by atoms with Crippen molar-refractivity contribution in [1.82, 2.24) is 0 Å². The number of carbonyl (C=O) groups is 1. The zero-order valence-electron chi connectivity index (χ0n) is 9.64. The summed E-state index contributed by atoms with van der Waals surface area (Å²) in [7, 11) is 0. The molecule has 2 N–H and O–H groups in total. The molecule has 0 saturated heterocycles. The summed E-state index contributed by atoms with van der Waals surface area (Å²) in [5.41, 5.74) is 7.73. The Morgan fingerprint density at radius 2 is 2.35 bits per heavy atom. The molecule has 0 fully saturated rings. The van der Waals surface area contributed by atoms with Gasteiger partial charge in [0.1, 0.15) is 0 Å². The van der Waals surface area contributed by atoms with E-state index in [9.17, 15) is 4.79 Å². The van der Waals surface area contributed by atoms with Crippen LogP contribution in [0.5, 0.6) is 0 Å². The summed E-state index contributed by atoms with van der Waals surface area (Å²) in [6.07, 6.45) is 4.62. The van der Waals surface area contributed by atoms with E-state index in [-0.39, 0.29) is 5.12 Å². The lowest BCUT2D eigenvalue weighted by atomic mass is 10.1. The van der Waals surface area contributed by atoms with E-state index in [1.54, 1.807) is 25.1 Å². The summed E-state index contributed by atoms with van der Waals surface area (Å²) >= 11 is 1.30. The van der Waals surface area contributed by atoms with Crippen molar-refractivity contribution in [3.63, 3.8) is 0 Å². The monoisotopic (exact) mass is 246 g/mol. The first kappa shape index (κ1) is 13.3. The number of rotatable bonds is 4. The molecule has 0 aliphatic heterocycles. The smallest absolute Gasteiger partial charge is 0.185 e. The molecule has 0 aromatic heterocycles. The Morgan fingerprint density at radius 1 is 1.59 bits per heavy atom. The van der Waals surface area contributed by atoms with Crippen molar-refractivity contribution in [2.45, 2.75) is 13.3 Å². The molecular weight excluding hydrogens is 232 g/mol. The number of benzene rings is 1. The number of anilines is 1. The number of nitrogen functional groups attached to an aromatic ring is 1. The van der Waals surface area contributed by atoms with Crippen molar-refractivity contribution in [2.24, 2.45) is 0 Å². The lowest BCUT2D eigenvalue weighted by Gasteiger charge is -1.99. The first-order chi connectivity index (χ1) is 8.13. The summed E-state index contributed by atoms with van der Waals surface area (Å²) in [5.74, 6) is 0.760. The maximum Gasteiger partial charge on any atom is 0.185 e. The topological polar surface area (TPSA) is 66.9 Å². The first-order valence-electron chi connectivity index (χ1n) is 5.23. The molecule has 1 aromatic rings. The van der Waals surface area contributed by atoms with E-state index in [4.69, 9.17) is 11.0 Å². The van der Waals surface area contributed by atoms with E-state index >= 15 is 0 Å². The summed E-state index contributed by atoms with van der Waals surface area (Å²) in [6.45, 7) is 1.56. The largest absolute Gasteiger partial charge is 0.399 e. The van der Waals surface area contributed by atoms with Crippen LogP contribution in [-0.2, 0) is 4.79 Å². The lowest BCUT2D eigenvalue weighted by molar-refractivity contribution is -0.109. The molecule has 88 valence electrons. The molecule has 1 aromatic carbocycles. The Balaban J connectivity index is 2.61. The van der Waals surface area contributed by atoms with Gasteiger partial charge >= 0.3 is 0 Å². The maximum atomic E-state index is 10.7. The van der Waals surface area contributed by atoms with Crippen LogP contribution in [0.25, 0.3) is 6.08 Å². The second-order valence-electron chi connectivity index (χ2n) is 3.49. The number of nitrogens with zero attached hydrogens (tertiary/aromatic N) is 1. The molecule has 3 nitrogen and oxygen atoms in total. The number of carbonyl (C=O) groups excluding carboxylic acids is 1. The van der Waals surface area contributed by atoms with Crippen LogP contribution in [0, 0.1) is 11.3 Å². The van der Waals surface area contributed by atoms with Gasteiger partial charge in [0.05, 0.1) is 11.6 Å². The normalized spacial score (nSPS) is 10.4. The molecule has 1 rings (SSSR count). The standard InChI is InChI=1S/C13H14N2OS/c1-10(16)17-7-3-2-4-11-8-13(15)6-5-12(11)9-14/h2,4-6,8H,3,7,15H2,1H3. The van der Waals surface area contributed by atoms with Crippen molar-refractivity contribution in [2.75, 3.05) is 11.5 Å². The third-order valence-electron chi connectivity index (χ3n) is 2.08. The molecule has 0 bridgehead atoms. The number of allylic oxidation sites excluding steroid dienone is 1. The number of nitriles is 1. The van der Waals surface area contributed by atoms with Crippen LogP contribution in [0.15, 0.2) is 24.3 Å². The SMILES string of the molecule is CC(=O)SCCC=Cc1cc(N)ccc1C#N. The molecule has 0 aliphatic rings. The van der Waals surface area contributed by atoms with Gasteiger partial charge in [0.2, 0.25) is 0 Å². The van der Waals surface area contributed by atoms with E-state index in [1.807, 2.05) is 12.2 Å². The van der Waals surface area contributed by atoms with Gasteiger partial charge in [0.25, 0.3) is 0 Å². The van der Waals surface area contributed by atoms with E-state index in [2.05, 4.69) is 6.07 Å². The van der Waals surface area contributed by atoms with Gasteiger partial charge in [0, 0.05) is 18.4 Å².